The number of benzene rings is 2. The second-order valence-corrected chi connectivity index (χ2v) is 7.39. The number of hydrogen-bond acceptors (Lipinski definition) is 3. The number of hydrogen-bond donors (Lipinski definition) is 2. The van der Waals surface area contributed by atoms with Crippen LogP contribution in [0.3, 0.4) is 0 Å². The molecule has 1 atom stereocenters. The first-order chi connectivity index (χ1) is 13.9. The van der Waals surface area contributed by atoms with Crippen LogP contribution in [0.1, 0.15) is 24.0 Å². The fourth-order valence-electron chi connectivity index (χ4n) is 3.53. The second kappa shape index (κ2) is 9.49. The highest BCUT2D eigenvalue weighted by atomic mass is 19.1. The molecule has 1 aliphatic heterocycles. The Labute approximate surface area is 169 Å². The zero-order chi connectivity index (χ0) is 20.8. The van der Waals surface area contributed by atoms with E-state index in [9.17, 15) is 18.4 Å². The number of piperidine rings is 1. The van der Waals surface area contributed by atoms with E-state index in [0.29, 0.717) is 17.8 Å². The van der Waals surface area contributed by atoms with Crippen molar-refractivity contribution in [2.24, 2.45) is 0 Å². The van der Waals surface area contributed by atoms with Crippen molar-refractivity contribution in [2.45, 2.75) is 32.2 Å². The Morgan fingerprint density at radius 1 is 1.14 bits per heavy atom. The Bertz CT molecular complexity index is 888. The van der Waals surface area contributed by atoms with Gasteiger partial charge < -0.3 is 15.5 Å². The van der Waals surface area contributed by atoms with Gasteiger partial charge in [-0.15, -0.1) is 0 Å². The van der Waals surface area contributed by atoms with E-state index < -0.39 is 5.82 Å². The van der Waals surface area contributed by atoms with Gasteiger partial charge in [0, 0.05) is 19.1 Å². The molecule has 1 fully saturated rings. The minimum Gasteiger partial charge on any atom is -0.367 e. The van der Waals surface area contributed by atoms with Gasteiger partial charge in [0.1, 0.15) is 11.6 Å². The van der Waals surface area contributed by atoms with Crippen molar-refractivity contribution < 1.29 is 18.4 Å². The minimum absolute atomic E-state index is 0.00881. The van der Waals surface area contributed by atoms with Gasteiger partial charge >= 0.3 is 0 Å². The Morgan fingerprint density at radius 2 is 1.97 bits per heavy atom. The average Bonchev–Trinajstić information content (AvgIpc) is 2.68. The Morgan fingerprint density at radius 3 is 2.76 bits per heavy atom. The molecular formula is C22H25F2N3O2. The van der Waals surface area contributed by atoms with Crippen LogP contribution < -0.4 is 15.5 Å². The molecule has 2 aromatic carbocycles. The molecule has 0 saturated carbocycles. The van der Waals surface area contributed by atoms with E-state index in [0.717, 1.165) is 24.9 Å². The van der Waals surface area contributed by atoms with Gasteiger partial charge in [-0.1, -0.05) is 18.2 Å². The van der Waals surface area contributed by atoms with Crippen LogP contribution in [0.5, 0.6) is 0 Å². The number of carbonyl (C=O) groups is 2. The number of anilines is 1. The SMILES string of the molecule is Cc1ccc(F)c(N2CCCC(NC(=O)CNC(=O)Cc3cccc(F)c3)C2)c1. The van der Waals surface area contributed by atoms with E-state index in [1.165, 1.54) is 24.3 Å². The number of rotatable bonds is 6. The molecule has 29 heavy (non-hydrogen) atoms. The van der Waals surface area contributed by atoms with E-state index in [2.05, 4.69) is 10.6 Å². The van der Waals surface area contributed by atoms with Crippen molar-refractivity contribution in [1.82, 2.24) is 10.6 Å². The van der Waals surface area contributed by atoms with Crippen LogP contribution in [0.25, 0.3) is 0 Å². The molecular weight excluding hydrogens is 376 g/mol. The first-order valence-electron chi connectivity index (χ1n) is 9.72. The van der Waals surface area contributed by atoms with Crippen molar-refractivity contribution >= 4 is 17.5 Å². The van der Waals surface area contributed by atoms with Crippen LogP contribution in [-0.4, -0.2) is 37.5 Å². The van der Waals surface area contributed by atoms with Crippen molar-refractivity contribution in [3.8, 4) is 0 Å². The Kier molecular flexibility index (Phi) is 6.80. The predicted octanol–water partition coefficient (Wildman–Crippen LogP) is 2.72. The lowest BCUT2D eigenvalue weighted by molar-refractivity contribution is -0.126. The summed E-state index contributed by atoms with van der Waals surface area (Å²) in [5.41, 5.74) is 2.08. The van der Waals surface area contributed by atoms with E-state index in [-0.39, 0.29) is 36.6 Å². The van der Waals surface area contributed by atoms with Gasteiger partial charge in [0.2, 0.25) is 11.8 Å². The summed E-state index contributed by atoms with van der Waals surface area (Å²) >= 11 is 0. The summed E-state index contributed by atoms with van der Waals surface area (Å²) in [4.78, 5) is 26.1. The largest absolute Gasteiger partial charge is 0.367 e. The summed E-state index contributed by atoms with van der Waals surface area (Å²) in [7, 11) is 0. The highest BCUT2D eigenvalue weighted by molar-refractivity contribution is 5.85. The van der Waals surface area contributed by atoms with E-state index in [1.54, 1.807) is 12.1 Å². The molecule has 0 aliphatic carbocycles. The summed E-state index contributed by atoms with van der Waals surface area (Å²) in [6.07, 6.45) is 1.64. The van der Waals surface area contributed by atoms with Crippen molar-refractivity contribution in [3.63, 3.8) is 0 Å². The molecule has 3 rings (SSSR count). The molecule has 0 bridgehead atoms. The third-order valence-electron chi connectivity index (χ3n) is 4.93. The maximum Gasteiger partial charge on any atom is 0.239 e. The molecule has 0 radical (unpaired) electrons. The molecule has 1 heterocycles. The molecule has 5 nitrogen and oxygen atoms in total. The molecule has 0 aromatic heterocycles. The van der Waals surface area contributed by atoms with E-state index in [1.807, 2.05) is 17.9 Å². The van der Waals surface area contributed by atoms with Crippen molar-refractivity contribution in [1.29, 1.82) is 0 Å². The lowest BCUT2D eigenvalue weighted by Crippen LogP contribution is -2.50. The fourth-order valence-corrected chi connectivity index (χ4v) is 3.53. The van der Waals surface area contributed by atoms with Crippen LogP contribution in [0.15, 0.2) is 42.5 Å². The third kappa shape index (κ3) is 6.01. The third-order valence-corrected chi connectivity index (χ3v) is 4.93. The maximum atomic E-state index is 14.2. The van der Waals surface area contributed by atoms with Crippen LogP contribution >= 0.6 is 0 Å². The van der Waals surface area contributed by atoms with Crippen molar-refractivity contribution in [3.05, 3.63) is 65.2 Å². The van der Waals surface area contributed by atoms with Gasteiger partial charge in [0.15, 0.2) is 0 Å². The van der Waals surface area contributed by atoms with Crippen LogP contribution in [0, 0.1) is 18.6 Å². The number of nitrogens with zero attached hydrogens (tertiary/aromatic N) is 1. The smallest absolute Gasteiger partial charge is 0.239 e. The quantitative estimate of drug-likeness (QED) is 0.783. The Balaban J connectivity index is 1.47. The van der Waals surface area contributed by atoms with Gasteiger partial charge in [0.25, 0.3) is 0 Å². The van der Waals surface area contributed by atoms with Gasteiger partial charge in [-0.2, -0.15) is 0 Å². The van der Waals surface area contributed by atoms with Crippen LogP contribution in [0.4, 0.5) is 14.5 Å². The highest BCUT2D eigenvalue weighted by Gasteiger charge is 2.23. The zero-order valence-electron chi connectivity index (χ0n) is 16.4. The van der Waals surface area contributed by atoms with Crippen LogP contribution in [-0.2, 0) is 16.0 Å². The zero-order valence-corrected chi connectivity index (χ0v) is 16.4. The summed E-state index contributed by atoms with van der Waals surface area (Å²) in [6, 6.07) is 10.7. The van der Waals surface area contributed by atoms with E-state index in [4.69, 9.17) is 0 Å². The molecule has 1 unspecified atom stereocenters. The molecule has 7 heteroatoms. The predicted molar refractivity (Wildman–Crippen MR) is 108 cm³/mol. The lowest BCUT2D eigenvalue weighted by atomic mass is 10.0. The lowest BCUT2D eigenvalue weighted by Gasteiger charge is -2.35. The summed E-state index contributed by atoms with van der Waals surface area (Å²) in [5, 5.41) is 5.46. The number of halogens is 2. The summed E-state index contributed by atoms with van der Waals surface area (Å²) in [6.45, 7) is 3.02. The monoisotopic (exact) mass is 401 g/mol. The maximum absolute atomic E-state index is 14.2. The summed E-state index contributed by atoms with van der Waals surface area (Å²) in [5.74, 6) is -1.32. The van der Waals surface area contributed by atoms with Gasteiger partial charge in [-0.05, 0) is 55.2 Å². The molecule has 1 saturated heterocycles. The second-order valence-electron chi connectivity index (χ2n) is 7.39. The summed E-state index contributed by atoms with van der Waals surface area (Å²) < 4.78 is 27.3. The number of aryl methyl sites for hydroxylation is 1. The van der Waals surface area contributed by atoms with E-state index >= 15 is 0 Å². The number of nitrogens with one attached hydrogen (secondary N) is 2. The van der Waals surface area contributed by atoms with Crippen LogP contribution in [0.2, 0.25) is 0 Å². The highest BCUT2D eigenvalue weighted by Crippen LogP contribution is 2.24. The van der Waals surface area contributed by atoms with Gasteiger partial charge in [0.05, 0.1) is 18.7 Å². The standard InChI is InChI=1S/C22H25F2N3O2/c1-15-7-8-19(24)20(10-15)27-9-3-6-18(14-27)26-22(29)13-25-21(28)12-16-4-2-5-17(23)11-16/h2,4-5,7-8,10-11,18H,3,6,9,12-14H2,1H3,(H,25,28)(H,26,29). The molecule has 2 amide bonds. The Hall–Kier alpha value is -2.96. The topological polar surface area (TPSA) is 61.4 Å². The molecule has 2 N–H and O–H groups in total. The molecule has 2 aromatic rings. The normalized spacial score (nSPS) is 16.4. The molecule has 1 aliphatic rings. The molecule has 154 valence electrons. The molecule has 0 spiro atoms. The number of carbonyl (C=O) groups excluding carboxylic acids is 2. The minimum atomic E-state index is -0.403. The number of amides is 2. The fraction of sp³-hybridized carbons (Fsp3) is 0.364. The van der Waals surface area contributed by atoms with Gasteiger partial charge in [-0.25, -0.2) is 8.78 Å². The first-order valence-corrected chi connectivity index (χ1v) is 9.72. The average molecular weight is 401 g/mol. The van der Waals surface area contributed by atoms with Gasteiger partial charge in [-0.3, -0.25) is 9.59 Å². The van der Waals surface area contributed by atoms with Crippen molar-refractivity contribution in [2.75, 3.05) is 24.5 Å². The first kappa shape index (κ1) is 20.8.